The molecular weight excluding hydrogens is 206 g/mol. The van der Waals surface area contributed by atoms with Gasteiger partial charge < -0.3 is 5.73 Å². The summed E-state index contributed by atoms with van der Waals surface area (Å²) in [7, 11) is 0. The lowest BCUT2D eigenvalue weighted by Gasteiger charge is -2.01. The molecule has 0 radical (unpaired) electrons. The number of anilines is 1. The van der Waals surface area contributed by atoms with Crippen LogP contribution in [0.2, 0.25) is 0 Å². The molecule has 1 rings (SSSR count). The van der Waals surface area contributed by atoms with Crippen molar-refractivity contribution in [1.29, 1.82) is 5.26 Å². The molecule has 0 aliphatic rings. The summed E-state index contributed by atoms with van der Waals surface area (Å²) in [6.45, 7) is 1.51. The van der Waals surface area contributed by atoms with Crippen LogP contribution in [0, 0.1) is 28.4 Å². The molecule has 0 aromatic heterocycles. The molecule has 0 aliphatic heterocycles. The summed E-state index contributed by atoms with van der Waals surface area (Å²) < 4.78 is 0. The smallest absolute Gasteiger partial charge is 0.296 e. The minimum absolute atomic E-state index is 0. The van der Waals surface area contributed by atoms with Gasteiger partial charge in [-0.2, -0.15) is 5.26 Å². The number of nitro groups is 1. The maximum absolute atomic E-state index is 10.5. The first kappa shape index (κ1) is 12.2. The summed E-state index contributed by atoms with van der Waals surface area (Å²) in [6.07, 6.45) is 0. The van der Waals surface area contributed by atoms with Gasteiger partial charge in [0.15, 0.2) is 0 Å². The van der Waals surface area contributed by atoms with Crippen LogP contribution in [0.1, 0.15) is 11.1 Å². The zero-order valence-electron chi connectivity index (χ0n) is 7.35. The quantitative estimate of drug-likeness (QED) is 0.437. The monoisotopic (exact) mass is 213 g/mol. The molecule has 0 heterocycles. The van der Waals surface area contributed by atoms with Gasteiger partial charge in [-0.05, 0) is 19.1 Å². The zero-order valence-corrected chi connectivity index (χ0v) is 8.17. The molecule has 0 saturated heterocycles. The highest BCUT2D eigenvalue weighted by Gasteiger charge is 2.17. The SMILES string of the molecule is Cc1c(C#N)ccc(N)c1[N+](=O)[O-].Cl. The molecule has 2 N–H and O–H groups in total. The van der Waals surface area contributed by atoms with Gasteiger partial charge in [-0.3, -0.25) is 10.1 Å². The largest absolute Gasteiger partial charge is 0.393 e. The Morgan fingerprint density at radius 2 is 2.14 bits per heavy atom. The highest BCUT2D eigenvalue weighted by Crippen LogP contribution is 2.27. The number of nitrogen functional groups attached to an aromatic ring is 1. The molecule has 6 heteroatoms. The second-order valence-electron chi connectivity index (χ2n) is 2.54. The number of benzene rings is 1. The lowest BCUT2D eigenvalue weighted by molar-refractivity contribution is -0.384. The Bertz CT molecular complexity index is 412. The highest BCUT2D eigenvalue weighted by molar-refractivity contribution is 5.85. The summed E-state index contributed by atoms with van der Waals surface area (Å²) in [5.74, 6) is 0. The van der Waals surface area contributed by atoms with E-state index in [9.17, 15) is 10.1 Å². The van der Waals surface area contributed by atoms with Crippen molar-refractivity contribution in [3.05, 3.63) is 33.4 Å². The van der Waals surface area contributed by atoms with E-state index in [2.05, 4.69) is 0 Å². The van der Waals surface area contributed by atoms with E-state index in [1.54, 1.807) is 0 Å². The van der Waals surface area contributed by atoms with E-state index >= 15 is 0 Å². The van der Waals surface area contributed by atoms with Gasteiger partial charge in [-0.15, -0.1) is 12.4 Å². The van der Waals surface area contributed by atoms with E-state index in [-0.39, 0.29) is 29.3 Å². The third-order valence-electron chi connectivity index (χ3n) is 1.77. The van der Waals surface area contributed by atoms with Crippen LogP contribution in [0.25, 0.3) is 0 Å². The van der Waals surface area contributed by atoms with Crippen molar-refractivity contribution in [2.45, 2.75) is 6.92 Å². The van der Waals surface area contributed by atoms with Gasteiger partial charge >= 0.3 is 0 Å². The summed E-state index contributed by atoms with van der Waals surface area (Å²) in [6, 6.07) is 4.69. The Labute approximate surface area is 86.7 Å². The Morgan fingerprint density at radius 3 is 2.57 bits per heavy atom. The van der Waals surface area contributed by atoms with Gasteiger partial charge in [0, 0.05) is 5.56 Å². The first-order valence-electron chi connectivity index (χ1n) is 3.51. The molecule has 1 aromatic rings. The number of nitrogens with zero attached hydrogens (tertiary/aromatic N) is 2. The van der Waals surface area contributed by atoms with Gasteiger partial charge in [0.1, 0.15) is 5.69 Å². The molecule has 5 nitrogen and oxygen atoms in total. The Morgan fingerprint density at radius 1 is 1.57 bits per heavy atom. The van der Waals surface area contributed by atoms with Crippen LogP contribution in [0.3, 0.4) is 0 Å². The Balaban J connectivity index is 0.00000169. The second kappa shape index (κ2) is 4.44. The summed E-state index contributed by atoms with van der Waals surface area (Å²) in [4.78, 5) is 9.95. The summed E-state index contributed by atoms with van der Waals surface area (Å²) in [5.41, 5.74) is 5.89. The summed E-state index contributed by atoms with van der Waals surface area (Å²) in [5, 5.41) is 19.1. The van der Waals surface area contributed by atoms with E-state index < -0.39 is 4.92 Å². The van der Waals surface area contributed by atoms with Gasteiger partial charge in [0.2, 0.25) is 0 Å². The molecular formula is C8H8ClN3O2. The standard InChI is InChI=1S/C8H7N3O2.ClH/c1-5-6(4-9)2-3-7(10)8(5)11(12)13;/h2-3H,10H2,1H3;1H. The molecule has 0 fully saturated rings. The van der Waals surface area contributed by atoms with E-state index in [0.29, 0.717) is 5.56 Å². The molecule has 1 aromatic carbocycles. The van der Waals surface area contributed by atoms with Crippen molar-refractivity contribution in [3.63, 3.8) is 0 Å². The normalized spacial score (nSPS) is 8.57. The maximum Gasteiger partial charge on any atom is 0.296 e. The van der Waals surface area contributed by atoms with Crippen molar-refractivity contribution in [2.24, 2.45) is 0 Å². The van der Waals surface area contributed by atoms with Gasteiger partial charge in [-0.1, -0.05) is 0 Å². The second-order valence-corrected chi connectivity index (χ2v) is 2.54. The van der Waals surface area contributed by atoms with E-state index in [1.165, 1.54) is 19.1 Å². The van der Waals surface area contributed by atoms with Crippen molar-refractivity contribution in [1.82, 2.24) is 0 Å². The Kier molecular flexibility index (Phi) is 3.87. The van der Waals surface area contributed by atoms with Crippen LogP contribution >= 0.6 is 12.4 Å². The van der Waals surface area contributed by atoms with Crippen molar-refractivity contribution >= 4 is 23.8 Å². The Hall–Kier alpha value is -1.80. The number of halogens is 1. The third-order valence-corrected chi connectivity index (χ3v) is 1.77. The number of hydrogen-bond donors (Lipinski definition) is 1. The predicted molar refractivity (Wildman–Crippen MR) is 54.2 cm³/mol. The first-order chi connectivity index (χ1) is 6.07. The lowest BCUT2D eigenvalue weighted by atomic mass is 10.1. The minimum Gasteiger partial charge on any atom is -0.393 e. The molecule has 74 valence electrons. The van der Waals surface area contributed by atoms with Crippen LogP contribution in [0.15, 0.2) is 12.1 Å². The molecule has 0 spiro atoms. The molecule has 14 heavy (non-hydrogen) atoms. The van der Waals surface area contributed by atoms with Crippen LogP contribution < -0.4 is 5.73 Å². The van der Waals surface area contributed by atoms with E-state index in [0.717, 1.165) is 0 Å². The van der Waals surface area contributed by atoms with Crippen molar-refractivity contribution in [3.8, 4) is 6.07 Å². The topological polar surface area (TPSA) is 93.0 Å². The fraction of sp³-hybridized carbons (Fsp3) is 0.125. The van der Waals surface area contributed by atoms with Crippen LogP contribution in [0.5, 0.6) is 0 Å². The highest BCUT2D eigenvalue weighted by atomic mass is 35.5. The number of nitriles is 1. The van der Waals surface area contributed by atoms with Gasteiger partial charge in [-0.25, -0.2) is 0 Å². The maximum atomic E-state index is 10.5. The van der Waals surface area contributed by atoms with Crippen LogP contribution in [-0.2, 0) is 0 Å². The average Bonchev–Trinajstić information content (AvgIpc) is 2.04. The number of hydrogen-bond acceptors (Lipinski definition) is 4. The van der Waals surface area contributed by atoms with Crippen LogP contribution in [-0.4, -0.2) is 4.92 Å². The van der Waals surface area contributed by atoms with Crippen molar-refractivity contribution in [2.75, 3.05) is 5.73 Å². The fourth-order valence-corrected chi connectivity index (χ4v) is 1.08. The first-order valence-corrected chi connectivity index (χ1v) is 3.51. The number of nitrogens with two attached hydrogens (primary N) is 1. The molecule has 0 amide bonds. The molecule has 0 atom stereocenters. The molecule has 0 bridgehead atoms. The van der Waals surface area contributed by atoms with E-state index in [4.69, 9.17) is 11.0 Å². The molecule has 0 saturated carbocycles. The lowest BCUT2D eigenvalue weighted by Crippen LogP contribution is -1.99. The van der Waals surface area contributed by atoms with Crippen molar-refractivity contribution < 1.29 is 4.92 Å². The van der Waals surface area contributed by atoms with Gasteiger partial charge in [0.05, 0.1) is 16.6 Å². The molecule has 0 unspecified atom stereocenters. The molecule has 0 aliphatic carbocycles. The fourth-order valence-electron chi connectivity index (χ4n) is 1.08. The summed E-state index contributed by atoms with van der Waals surface area (Å²) >= 11 is 0. The number of rotatable bonds is 1. The van der Waals surface area contributed by atoms with Crippen LogP contribution in [0.4, 0.5) is 11.4 Å². The predicted octanol–water partition coefficient (Wildman–Crippen LogP) is 1.78. The van der Waals surface area contributed by atoms with E-state index in [1.807, 2.05) is 6.07 Å². The number of nitro benzene ring substituents is 1. The third kappa shape index (κ3) is 1.92. The van der Waals surface area contributed by atoms with Gasteiger partial charge in [0.25, 0.3) is 5.69 Å². The zero-order chi connectivity index (χ0) is 10.0. The average molecular weight is 214 g/mol. The minimum atomic E-state index is -0.578.